The Morgan fingerprint density at radius 3 is 2.46 bits per heavy atom. The first-order chi connectivity index (χ1) is 5.95. The van der Waals surface area contributed by atoms with Crippen LogP contribution in [0.2, 0.25) is 0 Å². The van der Waals surface area contributed by atoms with Gasteiger partial charge >= 0.3 is 5.97 Å². The number of carboxylic acids is 1. The lowest BCUT2D eigenvalue weighted by atomic mass is 10.1. The summed E-state index contributed by atoms with van der Waals surface area (Å²) in [5.41, 5.74) is 7.39. The van der Waals surface area contributed by atoms with E-state index in [9.17, 15) is 9.59 Å². The number of nitrogens with two attached hydrogens (primary N) is 1. The summed E-state index contributed by atoms with van der Waals surface area (Å²) in [6.07, 6.45) is 0. The number of hydrogen-bond acceptors (Lipinski definition) is 4. The molecule has 6 nitrogen and oxygen atoms in total. The van der Waals surface area contributed by atoms with E-state index in [0.29, 0.717) is 0 Å². The SMILES string of the molecule is CC(C)C(N)C(=O)NOCC(=O)O. The van der Waals surface area contributed by atoms with Crippen molar-refractivity contribution < 1.29 is 19.5 Å². The fraction of sp³-hybridized carbons (Fsp3) is 0.714. The molecule has 0 aliphatic carbocycles. The first-order valence-corrected chi connectivity index (χ1v) is 3.84. The van der Waals surface area contributed by atoms with Crippen LogP contribution in [0.1, 0.15) is 13.8 Å². The van der Waals surface area contributed by atoms with Gasteiger partial charge in [-0.2, -0.15) is 0 Å². The molecule has 76 valence electrons. The Kier molecular flexibility index (Phi) is 5.01. The summed E-state index contributed by atoms with van der Waals surface area (Å²) in [5.74, 6) is -1.69. The molecule has 0 aromatic heterocycles. The zero-order valence-corrected chi connectivity index (χ0v) is 7.61. The smallest absolute Gasteiger partial charge is 0.332 e. The highest BCUT2D eigenvalue weighted by Crippen LogP contribution is 1.97. The van der Waals surface area contributed by atoms with E-state index in [2.05, 4.69) is 4.84 Å². The number of carbonyl (C=O) groups is 2. The van der Waals surface area contributed by atoms with Gasteiger partial charge < -0.3 is 10.8 Å². The van der Waals surface area contributed by atoms with Crippen molar-refractivity contribution in [1.82, 2.24) is 5.48 Å². The fourth-order valence-corrected chi connectivity index (χ4v) is 0.540. The fourth-order valence-electron chi connectivity index (χ4n) is 0.540. The number of carbonyl (C=O) groups excluding carboxylic acids is 1. The maximum Gasteiger partial charge on any atom is 0.332 e. The molecule has 0 bridgehead atoms. The minimum Gasteiger partial charge on any atom is -0.479 e. The first kappa shape index (κ1) is 11.9. The van der Waals surface area contributed by atoms with Crippen LogP contribution < -0.4 is 11.2 Å². The van der Waals surface area contributed by atoms with Gasteiger partial charge in [0.2, 0.25) is 0 Å². The maximum atomic E-state index is 11.0. The average molecular weight is 190 g/mol. The molecule has 1 amide bonds. The van der Waals surface area contributed by atoms with Crippen molar-refractivity contribution in [2.24, 2.45) is 11.7 Å². The third-order valence-electron chi connectivity index (χ3n) is 1.39. The Balaban J connectivity index is 3.68. The molecule has 1 unspecified atom stereocenters. The van der Waals surface area contributed by atoms with E-state index >= 15 is 0 Å². The van der Waals surface area contributed by atoms with Crippen molar-refractivity contribution in [1.29, 1.82) is 0 Å². The predicted octanol–water partition coefficient (Wildman–Crippen LogP) is -0.898. The Hall–Kier alpha value is -1.14. The second-order valence-corrected chi connectivity index (χ2v) is 2.92. The highest BCUT2D eigenvalue weighted by Gasteiger charge is 2.17. The quantitative estimate of drug-likeness (QED) is 0.488. The minimum atomic E-state index is -1.15. The standard InChI is InChI=1S/C7H14N2O4/c1-4(2)6(8)7(12)9-13-3-5(10)11/h4,6H,3,8H2,1-2H3,(H,9,12)(H,10,11). The summed E-state index contributed by atoms with van der Waals surface area (Å²) < 4.78 is 0. The second-order valence-electron chi connectivity index (χ2n) is 2.92. The van der Waals surface area contributed by atoms with Crippen molar-refractivity contribution in [2.75, 3.05) is 6.61 Å². The number of aliphatic carboxylic acids is 1. The van der Waals surface area contributed by atoms with Gasteiger partial charge in [0.15, 0.2) is 6.61 Å². The van der Waals surface area contributed by atoms with Crippen molar-refractivity contribution in [3.8, 4) is 0 Å². The van der Waals surface area contributed by atoms with E-state index in [1.807, 2.05) is 5.48 Å². The molecular formula is C7H14N2O4. The van der Waals surface area contributed by atoms with Crippen LogP contribution in [0.4, 0.5) is 0 Å². The van der Waals surface area contributed by atoms with Crippen LogP contribution in [0.25, 0.3) is 0 Å². The van der Waals surface area contributed by atoms with E-state index in [0.717, 1.165) is 0 Å². The zero-order valence-electron chi connectivity index (χ0n) is 7.61. The molecule has 0 heterocycles. The summed E-state index contributed by atoms with van der Waals surface area (Å²) >= 11 is 0. The number of nitrogens with one attached hydrogen (secondary N) is 1. The van der Waals surface area contributed by atoms with Gasteiger partial charge in [-0.25, -0.2) is 10.3 Å². The summed E-state index contributed by atoms with van der Waals surface area (Å²) in [7, 11) is 0. The summed E-state index contributed by atoms with van der Waals surface area (Å²) in [4.78, 5) is 25.3. The molecule has 0 aromatic rings. The first-order valence-electron chi connectivity index (χ1n) is 3.84. The number of hydrogen-bond donors (Lipinski definition) is 3. The minimum absolute atomic E-state index is 0.0200. The average Bonchev–Trinajstić information content (AvgIpc) is 2.02. The normalized spacial score (nSPS) is 12.6. The highest BCUT2D eigenvalue weighted by molar-refractivity contribution is 5.80. The predicted molar refractivity (Wildman–Crippen MR) is 44.5 cm³/mol. The summed E-state index contributed by atoms with van der Waals surface area (Å²) in [6.45, 7) is 2.99. The van der Waals surface area contributed by atoms with Gasteiger partial charge in [0.25, 0.3) is 5.91 Å². The molecule has 0 spiro atoms. The lowest BCUT2D eigenvalue weighted by Crippen LogP contribution is -2.44. The number of carboxylic acid groups (broad SMARTS) is 1. The molecule has 0 aliphatic rings. The third kappa shape index (κ3) is 5.15. The molecule has 4 N–H and O–H groups in total. The molecule has 1 atom stereocenters. The summed E-state index contributed by atoms with van der Waals surface area (Å²) in [6, 6.07) is -0.686. The number of amides is 1. The van der Waals surface area contributed by atoms with Crippen LogP contribution in [0.15, 0.2) is 0 Å². The molecule has 0 saturated carbocycles. The van der Waals surface area contributed by atoms with Crippen molar-refractivity contribution in [3.05, 3.63) is 0 Å². The van der Waals surface area contributed by atoms with Crippen LogP contribution in [-0.2, 0) is 14.4 Å². The maximum absolute atomic E-state index is 11.0. The van der Waals surface area contributed by atoms with E-state index in [1.165, 1.54) is 0 Å². The number of rotatable bonds is 5. The van der Waals surface area contributed by atoms with Crippen LogP contribution in [-0.4, -0.2) is 29.6 Å². The second kappa shape index (κ2) is 5.50. The number of hydroxylamine groups is 1. The Morgan fingerprint density at radius 2 is 2.08 bits per heavy atom. The van der Waals surface area contributed by atoms with E-state index in [4.69, 9.17) is 10.8 Å². The largest absolute Gasteiger partial charge is 0.479 e. The topological polar surface area (TPSA) is 102 Å². The van der Waals surface area contributed by atoms with Crippen molar-refractivity contribution >= 4 is 11.9 Å². The van der Waals surface area contributed by atoms with E-state index in [-0.39, 0.29) is 5.92 Å². The van der Waals surface area contributed by atoms with Gasteiger partial charge in [0.1, 0.15) is 0 Å². The van der Waals surface area contributed by atoms with Crippen molar-refractivity contribution in [3.63, 3.8) is 0 Å². The molecule has 13 heavy (non-hydrogen) atoms. The lowest BCUT2D eigenvalue weighted by Gasteiger charge is -2.14. The van der Waals surface area contributed by atoms with Crippen LogP contribution in [0, 0.1) is 5.92 Å². The Bertz CT molecular complexity index is 193. The van der Waals surface area contributed by atoms with Gasteiger partial charge in [-0.1, -0.05) is 13.8 Å². The molecular weight excluding hydrogens is 176 g/mol. The Morgan fingerprint density at radius 1 is 1.54 bits per heavy atom. The molecule has 0 fully saturated rings. The molecule has 6 heteroatoms. The van der Waals surface area contributed by atoms with Gasteiger partial charge in [0.05, 0.1) is 6.04 Å². The van der Waals surface area contributed by atoms with Crippen LogP contribution in [0.5, 0.6) is 0 Å². The van der Waals surface area contributed by atoms with Crippen molar-refractivity contribution in [2.45, 2.75) is 19.9 Å². The van der Waals surface area contributed by atoms with Crippen LogP contribution >= 0.6 is 0 Å². The monoisotopic (exact) mass is 190 g/mol. The summed E-state index contributed by atoms with van der Waals surface area (Å²) in [5, 5.41) is 8.17. The third-order valence-corrected chi connectivity index (χ3v) is 1.39. The van der Waals surface area contributed by atoms with Gasteiger partial charge in [-0.15, -0.1) is 0 Å². The highest BCUT2D eigenvalue weighted by atomic mass is 16.7. The van der Waals surface area contributed by atoms with Gasteiger partial charge in [-0.3, -0.25) is 9.63 Å². The van der Waals surface area contributed by atoms with Gasteiger partial charge in [0, 0.05) is 0 Å². The Labute approximate surface area is 76.0 Å². The van der Waals surface area contributed by atoms with Crippen LogP contribution in [0.3, 0.4) is 0 Å². The molecule has 0 rings (SSSR count). The van der Waals surface area contributed by atoms with E-state index < -0.39 is 24.5 Å². The molecule has 0 saturated heterocycles. The molecule has 0 aromatic carbocycles. The lowest BCUT2D eigenvalue weighted by molar-refractivity contribution is -0.150. The van der Waals surface area contributed by atoms with Gasteiger partial charge in [-0.05, 0) is 5.92 Å². The molecule has 0 aliphatic heterocycles. The van der Waals surface area contributed by atoms with E-state index in [1.54, 1.807) is 13.8 Å². The molecule has 0 radical (unpaired) electrons. The zero-order chi connectivity index (χ0) is 10.4.